The van der Waals surface area contributed by atoms with Gasteiger partial charge in [0, 0.05) is 44.0 Å². The van der Waals surface area contributed by atoms with Crippen molar-refractivity contribution in [3.05, 3.63) is 23.9 Å². The van der Waals surface area contributed by atoms with Crippen LogP contribution in [0.1, 0.15) is 39.2 Å². The topological polar surface area (TPSA) is 37.4 Å². The molecule has 1 aromatic rings. The highest BCUT2D eigenvalue weighted by Crippen LogP contribution is 2.20. The van der Waals surface area contributed by atoms with E-state index in [4.69, 9.17) is 4.74 Å². The zero-order valence-corrected chi connectivity index (χ0v) is 13.8. The SMILES string of the molecule is CCCC1CN(Cc2ccc(OC)nc2)C(C(C)C)CN1. The van der Waals surface area contributed by atoms with Gasteiger partial charge in [-0.15, -0.1) is 0 Å². The summed E-state index contributed by atoms with van der Waals surface area (Å²) < 4.78 is 5.13. The van der Waals surface area contributed by atoms with Gasteiger partial charge >= 0.3 is 0 Å². The predicted molar refractivity (Wildman–Crippen MR) is 86.5 cm³/mol. The van der Waals surface area contributed by atoms with E-state index in [9.17, 15) is 0 Å². The number of nitrogens with one attached hydrogen (secondary N) is 1. The van der Waals surface area contributed by atoms with E-state index in [2.05, 4.69) is 42.0 Å². The fourth-order valence-electron chi connectivity index (χ4n) is 3.14. The van der Waals surface area contributed by atoms with Crippen LogP contribution in [0.15, 0.2) is 18.3 Å². The third kappa shape index (κ3) is 4.42. The summed E-state index contributed by atoms with van der Waals surface area (Å²) in [7, 11) is 1.66. The average Bonchev–Trinajstić information content (AvgIpc) is 2.48. The molecule has 1 N–H and O–H groups in total. The molecule has 0 aromatic carbocycles. The molecule has 0 radical (unpaired) electrons. The third-order valence-corrected chi connectivity index (χ3v) is 4.34. The van der Waals surface area contributed by atoms with E-state index in [0.29, 0.717) is 23.9 Å². The maximum absolute atomic E-state index is 5.13. The van der Waals surface area contributed by atoms with Crippen LogP contribution in [0.5, 0.6) is 5.88 Å². The molecular formula is C17H29N3O. The molecule has 4 nitrogen and oxygen atoms in total. The molecule has 1 fully saturated rings. The van der Waals surface area contributed by atoms with Crippen LogP contribution >= 0.6 is 0 Å². The van der Waals surface area contributed by atoms with E-state index in [0.717, 1.165) is 19.6 Å². The highest BCUT2D eigenvalue weighted by molar-refractivity contribution is 5.18. The largest absolute Gasteiger partial charge is 0.481 e. The van der Waals surface area contributed by atoms with Crippen molar-refractivity contribution in [1.29, 1.82) is 0 Å². The van der Waals surface area contributed by atoms with Crippen molar-refractivity contribution in [2.75, 3.05) is 20.2 Å². The van der Waals surface area contributed by atoms with Gasteiger partial charge in [0.2, 0.25) is 5.88 Å². The molecule has 2 unspecified atom stereocenters. The van der Waals surface area contributed by atoms with E-state index < -0.39 is 0 Å². The molecule has 2 atom stereocenters. The Hall–Kier alpha value is -1.13. The van der Waals surface area contributed by atoms with E-state index in [-0.39, 0.29) is 0 Å². The second-order valence-electron chi connectivity index (χ2n) is 6.34. The molecule has 21 heavy (non-hydrogen) atoms. The predicted octanol–water partition coefficient (Wildman–Crippen LogP) is 2.69. The lowest BCUT2D eigenvalue weighted by Crippen LogP contribution is -2.57. The summed E-state index contributed by atoms with van der Waals surface area (Å²) in [5, 5.41) is 3.71. The van der Waals surface area contributed by atoms with Gasteiger partial charge in [-0.05, 0) is 17.9 Å². The van der Waals surface area contributed by atoms with Gasteiger partial charge in [0.1, 0.15) is 0 Å². The van der Waals surface area contributed by atoms with Gasteiger partial charge in [0.05, 0.1) is 7.11 Å². The number of methoxy groups -OCH3 is 1. The van der Waals surface area contributed by atoms with Gasteiger partial charge in [-0.3, -0.25) is 4.90 Å². The Morgan fingerprint density at radius 3 is 2.81 bits per heavy atom. The van der Waals surface area contributed by atoms with Crippen LogP contribution in [-0.2, 0) is 6.54 Å². The minimum atomic E-state index is 0.597. The molecule has 0 amide bonds. The van der Waals surface area contributed by atoms with Crippen molar-refractivity contribution in [2.24, 2.45) is 5.92 Å². The Balaban J connectivity index is 2.04. The van der Waals surface area contributed by atoms with Crippen LogP contribution in [0.25, 0.3) is 0 Å². The van der Waals surface area contributed by atoms with Crippen LogP contribution < -0.4 is 10.1 Å². The number of hydrogen-bond acceptors (Lipinski definition) is 4. The zero-order chi connectivity index (χ0) is 15.2. The Morgan fingerprint density at radius 1 is 1.43 bits per heavy atom. The van der Waals surface area contributed by atoms with Gasteiger partial charge in [0.15, 0.2) is 0 Å². The maximum Gasteiger partial charge on any atom is 0.212 e. The van der Waals surface area contributed by atoms with E-state index >= 15 is 0 Å². The van der Waals surface area contributed by atoms with Crippen LogP contribution in [0.3, 0.4) is 0 Å². The Labute approximate surface area is 128 Å². The lowest BCUT2D eigenvalue weighted by molar-refractivity contribution is 0.0884. The highest BCUT2D eigenvalue weighted by Gasteiger charge is 2.29. The van der Waals surface area contributed by atoms with Crippen molar-refractivity contribution >= 4 is 0 Å². The molecule has 1 aromatic heterocycles. The summed E-state index contributed by atoms with van der Waals surface area (Å²) in [6, 6.07) is 5.29. The van der Waals surface area contributed by atoms with Crippen molar-refractivity contribution in [2.45, 2.75) is 52.2 Å². The van der Waals surface area contributed by atoms with Crippen LogP contribution in [0.4, 0.5) is 0 Å². The number of rotatable bonds is 6. The molecule has 0 bridgehead atoms. The van der Waals surface area contributed by atoms with Gasteiger partial charge in [-0.2, -0.15) is 0 Å². The minimum Gasteiger partial charge on any atom is -0.481 e. The Kier molecular flexibility index (Phi) is 6.00. The Morgan fingerprint density at radius 2 is 2.24 bits per heavy atom. The average molecular weight is 291 g/mol. The van der Waals surface area contributed by atoms with Crippen molar-refractivity contribution in [3.8, 4) is 5.88 Å². The fourth-order valence-corrected chi connectivity index (χ4v) is 3.14. The molecule has 2 heterocycles. The van der Waals surface area contributed by atoms with Crippen LogP contribution in [-0.4, -0.2) is 42.2 Å². The monoisotopic (exact) mass is 291 g/mol. The normalized spacial score (nSPS) is 23.5. The number of pyridine rings is 1. The van der Waals surface area contributed by atoms with Gasteiger partial charge < -0.3 is 10.1 Å². The lowest BCUT2D eigenvalue weighted by Gasteiger charge is -2.42. The summed E-state index contributed by atoms with van der Waals surface area (Å²) >= 11 is 0. The zero-order valence-electron chi connectivity index (χ0n) is 13.8. The maximum atomic E-state index is 5.13. The first-order chi connectivity index (χ1) is 10.1. The summed E-state index contributed by atoms with van der Waals surface area (Å²) in [5.41, 5.74) is 1.26. The standard InChI is InChI=1S/C17H29N3O/c1-5-6-15-12-20(16(10-18-15)13(2)3)11-14-7-8-17(21-4)19-9-14/h7-9,13,15-16,18H,5-6,10-12H2,1-4H3. The smallest absolute Gasteiger partial charge is 0.212 e. The summed E-state index contributed by atoms with van der Waals surface area (Å²) in [6.07, 6.45) is 4.43. The molecule has 2 rings (SSSR count). The number of piperazine rings is 1. The first-order valence-electron chi connectivity index (χ1n) is 8.10. The fraction of sp³-hybridized carbons (Fsp3) is 0.706. The second kappa shape index (κ2) is 7.76. The van der Waals surface area contributed by atoms with E-state index in [1.807, 2.05) is 12.3 Å². The number of nitrogens with zero attached hydrogens (tertiary/aromatic N) is 2. The molecular weight excluding hydrogens is 262 g/mol. The molecule has 0 spiro atoms. The van der Waals surface area contributed by atoms with Crippen molar-refractivity contribution in [1.82, 2.24) is 15.2 Å². The number of aromatic nitrogens is 1. The second-order valence-corrected chi connectivity index (χ2v) is 6.34. The molecule has 4 heteroatoms. The van der Waals surface area contributed by atoms with Crippen molar-refractivity contribution in [3.63, 3.8) is 0 Å². The number of ether oxygens (including phenoxy) is 1. The molecule has 1 saturated heterocycles. The summed E-state index contributed by atoms with van der Waals surface area (Å²) in [6.45, 7) is 10.1. The van der Waals surface area contributed by atoms with E-state index in [1.54, 1.807) is 7.11 Å². The Bertz CT molecular complexity index is 419. The third-order valence-electron chi connectivity index (χ3n) is 4.34. The first kappa shape index (κ1) is 16.2. The number of hydrogen-bond donors (Lipinski definition) is 1. The molecule has 1 aliphatic rings. The summed E-state index contributed by atoms with van der Waals surface area (Å²) in [4.78, 5) is 6.94. The van der Waals surface area contributed by atoms with Crippen molar-refractivity contribution < 1.29 is 4.74 Å². The van der Waals surface area contributed by atoms with Crippen LogP contribution in [0, 0.1) is 5.92 Å². The summed E-state index contributed by atoms with van der Waals surface area (Å²) in [5.74, 6) is 1.34. The first-order valence-corrected chi connectivity index (χ1v) is 8.10. The minimum absolute atomic E-state index is 0.597. The molecule has 0 aliphatic carbocycles. The molecule has 118 valence electrons. The lowest BCUT2D eigenvalue weighted by atomic mass is 9.96. The highest BCUT2D eigenvalue weighted by atomic mass is 16.5. The molecule has 0 saturated carbocycles. The van der Waals surface area contributed by atoms with Gasteiger partial charge in [-0.25, -0.2) is 4.98 Å². The quantitative estimate of drug-likeness (QED) is 0.874. The van der Waals surface area contributed by atoms with Gasteiger partial charge in [-0.1, -0.05) is 33.3 Å². The van der Waals surface area contributed by atoms with E-state index in [1.165, 1.54) is 18.4 Å². The molecule has 1 aliphatic heterocycles. The van der Waals surface area contributed by atoms with Gasteiger partial charge in [0.25, 0.3) is 0 Å². The van der Waals surface area contributed by atoms with Crippen LogP contribution in [0.2, 0.25) is 0 Å².